The molecule has 1 atom stereocenters. The molecule has 9 heteroatoms. The smallest absolute Gasteiger partial charge is 0.351 e. The molecular weight excluding hydrogens is 562 g/mol. The van der Waals surface area contributed by atoms with E-state index in [-0.39, 0.29) is 40.5 Å². The van der Waals surface area contributed by atoms with E-state index in [1.54, 1.807) is 18.4 Å². The summed E-state index contributed by atoms with van der Waals surface area (Å²) in [5, 5.41) is 13.4. The van der Waals surface area contributed by atoms with Gasteiger partial charge in [-0.25, -0.2) is 14.6 Å². The molecule has 43 heavy (non-hydrogen) atoms. The molecule has 0 bridgehead atoms. The van der Waals surface area contributed by atoms with E-state index in [1.165, 1.54) is 11.3 Å². The van der Waals surface area contributed by atoms with E-state index in [9.17, 15) is 14.7 Å². The van der Waals surface area contributed by atoms with E-state index in [0.29, 0.717) is 5.01 Å². The average Bonchev–Trinajstić information content (AvgIpc) is 3.45. The van der Waals surface area contributed by atoms with Gasteiger partial charge < -0.3 is 19.5 Å². The summed E-state index contributed by atoms with van der Waals surface area (Å²) in [5.41, 5.74) is 2.95. The first-order valence-corrected chi connectivity index (χ1v) is 15.5. The molecule has 1 N–H and O–H groups in total. The molecule has 1 fully saturated rings. The lowest BCUT2D eigenvalue weighted by Crippen LogP contribution is -2.51. The number of para-hydroxylation sites is 2. The fourth-order valence-corrected chi connectivity index (χ4v) is 6.09. The van der Waals surface area contributed by atoms with Gasteiger partial charge in [0.2, 0.25) is 0 Å². The van der Waals surface area contributed by atoms with Gasteiger partial charge in [-0.05, 0) is 42.0 Å². The number of esters is 1. The Hall–Kier alpha value is -3.65. The number of aromatic nitrogens is 1. The van der Waals surface area contributed by atoms with Gasteiger partial charge in [0.25, 0.3) is 0 Å². The van der Waals surface area contributed by atoms with Crippen LogP contribution in [0.15, 0.2) is 41.8 Å². The predicted octanol–water partition coefficient (Wildman–Crippen LogP) is 6.09. The summed E-state index contributed by atoms with van der Waals surface area (Å²) in [6.45, 7) is 17.7. The van der Waals surface area contributed by atoms with Gasteiger partial charge in [-0.1, -0.05) is 53.7 Å². The maximum Gasteiger partial charge on any atom is 0.351 e. The van der Waals surface area contributed by atoms with Crippen molar-refractivity contribution in [2.24, 2.45) is 0 Å². The first kappa shape index (κ1) is 32.3. The molecule has 0 radical (unpaired) electrons. The minimum atomic E-state index is -0.733. The van der Waals surface area contributed by atoms with Crippen LogP contribution in [0.4, 0.5) is 5.69 Å². The molecule has 230 valence electrons. The largest absolute Gasteiger partial charge is 0.507 e. The van der Waals surface area contributed by atoms with Gasteiger partial charge in [-0.15, -0.1) is 11.3 Å². The van der Waals surface area contributed by atoms with Crippen molar-refractivity contribution in [2.45, 2.75) is 65.3 Å². The van der Waals surface area contributed by atoms with Crippen molar-refractivity contribution in [3.8, 4) is 22.1 Å². The van der Waals surface area contributed by atoms with Crippen LogP contribution in [0, 0.1) is 0 Å². The van der Waals surface area contributed by atoms with Gasteiger partial charge in [0.05, 0.1) is 12.8 Å². The number of rotatable bonds is 8. The van der Waals surface area contributed by atoms with Crippen LogP contribution in [-0.4, -0.2) is 72.8 Å². The molecule has 4 rings (SSSR count). The van der Waals surface area contributed by atoms with E-state index in [1.807, 2.05) is 37.3 Å². The molecule has 2 heterocycles. The zero-order valence-corrected chi connectivity index (χ0v) is 27.3. The second kappa shape index (κ2) is 12.9. The number of anilines is 1. The highest BCUT2D eigenvalue weighted by molar-refractivity contribution is 7.13. The van der Waals surface area contributed by atoms with Crippen molar-refractivity contribution in [3.05, 3.63) is 58.6 Å². The quantitative estimate of drug-likeness (QED) is 0.187. The summed E-state index contributed by atoms with van der Waals surface area (Å²) in [6.07, 6.45) is 0. The van der Waals surface area contributed by atoms with Crippen LogP contribution in [0.1, 0.15) is 65.3 Å². The molecule has 1 aliphatic heterocycles. The zero-order valence-electron chi connectivity index (χ0n) is 26.5. The van der Waals surface area contributed by atoms with Crippen LogP contribution in [0.5, 0.6) is 11.5 Å². The number of carbonyl (C=O) groups excluding carboxylic acids is 2. The van der Waals surface area contributed by atoms with Crippen LogP contribution < -0.4 is 9.64 Å². The molecule has 0 saturated carbocycles. The Morgan fingerprint density at radius 1 is 1.05 bits per heavy atom. The summed E-state index contributed by atoms with van der Waals surface area (Å²) in [6, 6.07) is 11.8. The summed E-state index contributed by atoms with van der Waals surface area (Å²) in [7, 11) is 1.68. The molecule has 0 aliphatic carbocycles. The summed E-state index contributed by atoms with van der Waals surface area (Å²) >= 11 is 1.33. The number of benzene rings is 2. The van der Waals surface area contributed by atoms with Crippen molar-refractivity contribution in [3.63, 3.8) is 0 Å². The maximum atomic E-state index is 13.0. The molecule has 1 aliphatic rings. The molecule has 1 unspecified atom stereocenters. The van der Waals surface area contributed by atoms with Crippen molar-refractivity contribution in [1.82, 2.24) is 9.88 Å². The van der Waals surface area contributed by atoms with E-state index in [4.69, 9.17) is 9.47 Å². The van der Waals surface area contributed by atoms with Gasteiger partial charge in [-0.2, -0.15) is 0 Å². The number of phenols is 1. The Kier molecular flexibility index (Phi) is 9.70. The van der Waals surface area contributed by atoms with Crippen molar-refractivity contribution >= 4 is 34.5 Å². The lowest BCUT2D eigenvalue weighted by molar-refractivity contribution is -0.138. The minimum Gasteiger partial charge on any atom is -0.507 e. The number of hydrogen-bond donors (Lipinski definition) is 1. The number of nitrogens with zero attached hydrogens (tertiary/aromatic N) is 3. The molecule has 0 spiro atoms. The molecule has 3 aromatic rings. The Morgan fingerprint density at radius 2 is 1.65 bits per heavy atom. The summed E-state index contributed by atoms with van der Waals surface area (Å²) in [4.78, 5) is 34.1. The van der Waals surface area contributed by atoms with Gasteiger partial charge in [0.1, 0.15) is 34.7 Å². The van der Waals surface area contributed by atoms with E-state index >= 15 is 0 Å². The number of piperazine rings is 1. The number of ether oxygens (including phenoxy) is 2. The maximum absolute atomic E-state index is 13.0. The number of phenolic OH excluding ortho intramolecular Hbond substituents is 1. The zero-order chi connectivity index (χ0) is 31.5. The third-order valence-corrected chi connectivity index (χ3v) is 8.75. The highest BCUT2D eigenvalue weighted by atomic mass is 32.1. The van der Waals surface area contributed by atoms with Gasteiger partial charge in [0, 0.05) is 54.3 Å². The monoisotopic (exact) mass is 605 g/mol. The Bertz CT molecular complexity index is 1470. The van der Waals surface area contributed by atoms with Gasteiger partial charge >= 0.3 is 5.97 Å². The van der Waals surface area contributed by atoms with Gasteiger partial charge in [-0.3, -0.25) is 4.90 Å². The number of methoxy groups -OCH3 is 1. The fourth-order valence-electron chi connectivity index (χ4n) is 5.29. The third kappa shape index (κ3) is 7.29. The number of hydrogen-bond acceptors (Lipinski definition) is 9. The van der Waals surface area contributed by atoms with E-state index < -0.39 is 5.97 Å². The fraction of sp³-hybridized carbons (Fsp3) is 0.471. The van der Waals surface area contributed by atoms with Crippen LogP contribution in [-0.2, 0) is 25.2 Å². The minimum absolute atomic E-state index is 0.0219. The molecule has 2 aromatic carbocycles. The Labute approximate surface area is 259 Å². The van der Waals surface area contributed by atoms with Crippen molar-refractivity contribution in [2.75, 3.05) is 44.8 Å². The topological polar surface area (TPSA) is 92.2 Å². The van der Waals surface area contributed by atoms with Crippen LogP contribution in [0.3, 0.4) is 0 Å². The standard InChI is InChI=1S/C34H43N3O5S/c1-22(36-13-15-37(16-14-36)28-11-9-10-12-29(28)41-8)20-42-32(40)24(19-38)27-21-43-31(35-27)23-17-25(33(2,3)4)30(39)26(18-23)34(5,6)7/h9-12,17-18,21-22,39H,13-16,20H2,1-8H3. The second-order valence-corrected chi connectivity index (χ2v) is 13.9. The first-order chi connectivity index (χ1) is 20.2. The van der Waals surface area contributed by atoms with Gasteiger partial charge in [0.15, 0.2) is 5.57 Å². The lowest BCUT2D eigenvalue weighted by atomic mass is 9.78. The highest BCUT2D eigenvalue weighted by Crippen LogP contribution is 2.42. The van der Waals surface area contributed by atoms with Crippen molar-refractivity contribution in [1.29, 1.82) is 0 Å². The molecular formula is C34H43N3O5S. The number of thiazole rings is 1. The van der Waals surface area contributed by atoms with Crippen LogP contribution >= 0.6 is 11.3 Å². The van der Waals surface area contributed by atoms with Crippen LogP contribution in [0.25, 0.3) is 16.1 Å². The highest BCUT2D eigenvalue weighted by Gasteiger charge is 2.29. The first-order valence-electron chi connectivity index (χ1n) is 14.6. The number of carbonyl (C=O) groups is 1. The Balaban J connectivity index is 1.42. The molecule has 8 nitrogen and oxygen atoms in total. The van der Waals surface area contributed by atoms with Crippen LogP contribution in [0.2, 0.25) is 0 Å². The molecule has 1 aromatic heterocycles. The SMILES string of the molecule is COc1ccccc1N1CCN(C(C)COC(=O)C(=C=O)c2csc(-c3cc(C(C)(C)C)c(O)c(C(C)(C)C)c3)n2)CC1. The normalized spacial score (nSPS) is 15.1. The average molecular weight is 606 g/mol. The summed E-state index contributed by atoms with van der Waals surface area (Å²) < 4.78 is 11.1. The summed E-state index contributed by atoms with van der Waals surface area (Å²) in [5.74, 6) is 2.17. The number of aromatic hydroxyl groups is 1. The third-order valence-electron chi connectivity index (χ3n) is 7.86. The molecule has 0 amide bonds. The lowest BCUT2D eigenvalue weighted by Gasteiger charge is -2.39. The second-order valence-electron chi connectivity index (χ2n) is 13.1. The molecule has 1 saturated heterocycles. The van der Waals surface area contributed by atoms with E-state index in [0.717, 1.165) is 54.3 Å². The van der Waals surface area contributed by atoms with E-state index in [2.05, 4.69) is 62.4 Å². The Morgan fingerprint density at radius 3 is 2.21 bits per heavy atom. The van der Waals surface area contributed by atoms with Crippen molar-refractivity contribution < 1.29 is 24.2 Å². The predicted molar refractivity (Wildman–Crippen MR) is 173 cm³/mol.